The molecule has 4 fully saturated rings. The second-order valence-corrected chi connectivity index (χ2v) is 7.72. The molecule has 0 atom stereocenters. The van der Waals surface area contributed by atoms with Gasteiger partial charge in [0.1, 0.15) is 5.78 Å². The molecular weight excluding hydrogens is 244 g/mol. The molecule has 1 heteroatoms. The number of benzene rings is 1. The van der Waals surface area contributed by atoms with Gasteiger partial charge in [-0.2, -0.15) is 0 Å². The van der Waals surface area contributed by atoms with Crippen molar-refractivity contribution in [1.82, 2.24) is 0 Å². The van der Waals surface area contributed by atoms with Crippen molar-refractivity contribution in [2.24, 2.45) is 23.2 Å². The van der Waals surface area contributed by atoms with E-state index >= 15 is 0 Å². The van der Waals surface area contributed by atoms with Crippen molar-refractivity contribution in [3.63, 3.8) is 0 Å². The Morgan fingerprint density at radius 2 is 1.60 bits per heavy atom. The van der Waals surface area contributed by atoms with Crippen molar-refractivity contribution in [1.29, 1.82) is 0 Å². The molecule has 4 aliphatic carbocycles. The van der Waals surface area contributed by atoms with Crippen molar-refractivity contribution < 1.29 is 4.79 Å². The molecule has 106 valence electrons. The fourth-order valence-corrected chi connectivity index (χ4v) is 5.62. The molecule has 5 rings (SSSR count). The Balaban J connectivity index is 1.58. The summed E-state index contributed by atoms with van der Waals surface area (Å²) in [5.41, 5.74) is 2.58. The minimum Gasteiger partial charge on any atom is -0.299 e. The molecule has 1 aromatic carbocycles. The highest BCUT2D eigenvalue weighted by Crippen LogP contribution is 2.60. The first-order chi connectivity index (χ1) is 9.64. The number of Topliss-reactive ketones (excluding diaryl/α,β-unsaturated/α-hetero) is 1. The fourth-order valence-electron chi connectivity index (χ4n) is 5.62. The molecule has 0 spiro atoms. The molecule has 4 aliphatic rings. The molecule has 0 N–H and O–H groups in total. The minimum absolute atomic E-state index is 0.0665. The van der Waals surface area contributed by atoms with Crippen molar-refractivity contribution >= 4 is 5.78 Å². The highest BCUT2D eigenvalue weighted by molar-refractivity contribution is 5.87. The predicted molar refractivity (Wildman–Crippen MR) is 80.5 cm³/mol. The van der Waals surface area contributed by atoms with Gasteiger partial charge in [0.25, 0.3) is 0 Å². The molecule has 0 heterocycles. The molecule has 0 aromatic heterocycles. The lowest BCUT2D eigenvalue weighted by Crippen LogP contribution is -2.50. The Kier molecular flexibility index (Phi) is 2.80. The van der Waals surface area contributed by atoms with E-state index in [-0.39, 0.29) is 5.41 Å². The van der Waals surface area contributed by atoms with Crippen LogP contribution in [0.1, 0.15) is 49.7 Å². The van der Waals surface area contributed by atoms with Crippen molar-refractivity contribution in [3.8, 4) is 0 Å². The zero-order valence-corrected chi connectivity index (χ0v) is 12.4. The number of hydrogen-bond acceptors (Lipinski definition) is 1. The van der Waals surface area contributed by atoms with E-state index in [0.717, 1.165) is 17.8 Å². The highest BCUT2D eigenvalue weighted by Gasteiger charge is 2.53. The first kappa shape index (κ1) is 12.6. The van der Waals surface area contributed by atoms with E-state index in [4.69, 9.17) is 0 Å². The van der Waals surface area contributed by atoms with Crippen LogP contribution in [0.4, 0.5) is 0 Å². The summed E-state index contributed by atoms with van der Waals surface area (Å²) in [5, 5.41) is 0. The molecule has 20 heavy (non-hydrogen) atoms. The van der Waals surface area contributed by atoms with E-state index in [0.29, 0.717) is 12.2 Å². The largest absolute Gasteiger partial charge is 0.299 e. The first-order valence-corrected chi connectivity index (χ1v) is 8.22. The standard InChI is InChI=1S/C19H24O/c1-13-4-2-3-5-17(13)9-18(20)19-10-14-6-15(11-19)8-16(7-14)12-19/h2-5,14-16H,6-12H2,1H3. The number of hydrogen-bond donors (Lipinski definition) is 0. The Hall–Kier alpha value is -1.11. The molecule has 4 bridgehead atoms. The van der Waals surface area contributed by atoms with Gasteiger partial charge in [-0.05, 0) is 74.3 Å². The summed E-state index contributed by atoms with van der Waals surface area (Å²) in [6.07, 6.45) is 8.50. The lowest BCUT2D eigenvalue weighted by molar-refractivity contribution is -0.143. The zero-order chi connectivity index (χ0) is 13.7. The first-order valence-electron chi connectivity index (χ1n) is 8.22. The number of rotatable bonds is 3. The third-order valence-corrected chi connectivity index (χ3v) is 6.24. The third kappa shape index (κ3) is 1.94. The Morgan fingerprint density at radius 1 is 1.05 bits per heavy atom. The van der Waals surface area contributed by atoms with Crippen LogP contribution in [0.3, 0.4) is 0 Å². The van der Waals surface area contributed by atoms with Gasteiger partial charge in [-0.15, -0.1) is 0 Å². The maximum Gasteiger partial charge on any atom is 0.143 e. The number of carbonyl (C=O) groups is 1. The highest BCUT2D eigenvalue weighted by atomic mass is 16.1. The van der Waals surface area contributed by atoms with Crippen molar-refractivity contribution in [2.45, 2.75) is 51.9 Å². The smallest absolute Gasteiger partial charge is 0.143 e. The molecule has 0 unspecified atom stereocenters. The Labute approximate surface area is 121 Å². The maximum absolute atomic E-state index is 13.0. The Morgan fingerprint density at radius 3 is 2.15 bits per heavy atom. The summed E-state index contributed by atoms with van der Waals surface area (Å²) in [7, 11) is 0. The number of carbonyl (C=O) groups excluding carboxylic acids is 1. The molecule has 4 saturated carbocycles. The normalized spacial score (nSPS) is 38.1. The van der Waals surface area contributed by atoms with E-state index < -0.39 is 0 Å². The lowest BCUT2D eigenvalue weighted by atomic mass is 9.48. The second-order valence-electron chi connectivity index (χ2n) is 7.72. The molecular formula is C19H24O. The average molecular weight is 268 g/mol. The van der Waals surface area contributed by atoms with Crippen LogP contribution < -0.4 is 0 Å². The fraction of sp³-hybridized carbons (Fsp3) is 0.632. The number of aryl methyl sites for hydroxylation is 1. The summed E-state index contributed by atoms with van der Waals surface area (Å²) in [5.74, 6) is 3.14. The molecule has 0 aliphatic heterocycles. The van der Waals surface area contributed by atoms with E-state index in [1.165, 1.54) is 49.7 Å². The zero-order valence-electron chi connectivity index (χ0n) is 12.4. The maximum atomic E-state index is 13.0. The van der Waals surface area contributed by atoms with Crippen molar-refractivity contribution in [2.75, 3.05) is 0 Å². The van der Waals surface area contributed by atoms with E-state index in [1.54, 1.807) is 0 Å². The monoisotopic (exact) mass is 268 g/mol. The quantitative estimate of drug-likeness (QED) is 0.797. The van der Waals surface area contributed by atoms with Crippen LogP contribution in [0, 0.1) is 30.1 Å². The van der Waals surface area contributed by atoms with Gasteiger partial charge in [-0.1, -0.05) is 24.3 Å². The van der Waals surface area contributed by atoms with Crippen LogP contribution in [0.5, 0.6) is 0 Å². The lowest BCUT2D eigenvalue weighted by Gasteiger charge is -2.56. The average Bonchev–Trinajstić information content (AvgIpc) is 2.40. The van der Waals surface area contributed by atoms with E-state index in [2.05, 4.69) is 31.2 Å². The molecule has 0 amide bonds. The number of ketones is 1. The summed E-state index contributed by atoms with van der Waals surface area (Å²) < 4.78 is 0. The van der Waals surface area contributed by atoms with Crippen molar-refractivity contribution in [3.05, 3.63) is 35.4 Å². The van der Waals surface area contributed by atoms with Gasteiger partial charge in [0.05, 0.1) is 0 Å². The summed E-state index contributed by atoms with van der Waals surface area (Å²) in [4.78, 5) is 13.0. The minimum atomic E-state index is 0.0665. The van der Waals surface area contributed by atoms with Gasteiger partial charge in [0.15, 0.2) is 0 Å². The topological polar surface area (TPSA) is 17.1 Å². The van der Waals surface area contributed by atoms with Crippen LogP contribution >= 0.6 is 0 Å². The van der Waals surface area contributed by atoms with Gasteiger partial charge >= 0.3 is 0 Å². The molecule has 0 radical (unpaired) electrons. The second kappa shape index (κ2) is 4.44. The van der Waals surface area contributed by atoms with Gasteiger partial charge < -0.3 is 0 Å². The van der Waals surface area contributed by atoms with Crippen LogP contribution in [0.2, 0.25) is 0 Å². The summed E-state index contributed by atoms with van der Waals surface area (Å²) in [6.45, 7) is 2.13. The van der Waals surface area contributed by atoms with Gasteiger partial charge in [0, 0.05) is 11.8 Å². The van der Waals surface area contributed by atoms with E-state index in [9.17, 15) is 4.79 Å². The predicted octanol–water partition coefficient (Wildman–Crippen LogP) is 4.32. The van der Waals surface area contributed by atoms with E-state index in [1.807, 2.05) is 0 Å². The summed E-state index contributed by atoms with van der Waals surface area (Å²) in [6, 6.07) is 8.39. The van der Waals surface area contributed by atoms with Crippen LogP contribution in [-0.2, 0) is 11.2 Å². The Bertz CT molecular complexity index is 507. The van der Waals surface area contributed by atoms with Crippen LogP contribution in [-0.4, -0.2) is 5.78 Å². The van der Waals surface area contributed by atoms with Gasteiger partial charge in [0.2, 0.25) is 0 Å². The molecule has 0 saturated heterocycles. The van der Waals surface area contributed by atoms with Crippen LogP contribution in [0.25, 0.3) is 0 Å². The molecule has 1 nitrogen and oxygen atoms in total. The van der Waals surface area contributed by atoms with Gasteiger partial charge in [-0.3, -0.25) is 4.79 Å². The third-order valence-electron chi connectivity index (χ3n) is 6.24. The van der Waals surface area contributed by atoms with Crippen LogP contribution in [0.15, 0.2) is 24.3 Å². The molecule has 1 aromatic rings. The van der Waals surface area contributed by atoms with Gasteiger partial charge in [-0.25, -0.2) is 0 Å². The summed E-state index contributed by atoms with van der Waals surface area (Å²) >= 11 is 0. The SMILES string of the molecule is Cc1ccccc1CC(=O)C12CC3CC(CC(C3)C1)C2.